The van der Waals surface area contributed by atoms with E-state index in [2.05, 4.69) is 15.9 Å². The molecule has 0 aliphatic carbocycles. The van der Waals surface area contributed by atoms with Gasteiger partial charge in [-0.05, 0) is 64.0 Å². The van der Waals surface area contributed by atoms with Crippen LogP contribution in [0.2, 0.25) is 10.0 Å². The molecule has 3 aromatic carbocycles. The molecule has 0 atom stereocenters. The average Bonchev–Trinajstić information content (AvgIpc) is 2.67. The van der Waals surface area contributed by atoms with Gasteiger partial charge < -0.3 is 10.6 Å². The van der Waals surface area contributed by atoms with E-state index in [1.165, 1.54) is 30.1 Å². The lowest BCUT2D eigenvalue weighted by Gasteiger charge is -2.20. The Kier molecular flexibility index (Phi) is 6.27. The molecule has 0 saturated carbocycles. The number of rotatable bonds is 4. The van der Waals surface area contributed by atoms with Crippen LogP contribution in [0.15, 0.2) is 59.1 Å². The van der Waals surface area contributed by atoms with Crippen molar-refractivity contribution in [3.8, 4) is 11.1 Å². The number of amides is 2. The molecule has 2 amide bonds. The minimum Gasteiger partial charge on any atom is -0.366 e. The predicted molar refractivity (Wildman–Crippen MR) is 117 cm³/mol. The van der Waals surface area contributed by atoms with E-state index in [1.54, 1.807) is 36.4 Å². The van der Waals surface area contributed by atoms with Crippen LogP contribution >= 0.6 is 39.1 Å². The first kappa shape index (κ1) is 21.3. The van der Waals surface area contributed by atoms with Crippen LogP contribution in [-0.4, -0.2) is 18.9 Å². The fourth-order valence-corrected chi connectivity index (χ4v) is 3.94. The monoisotopic (exact) mass is 494 g/mol. The summed E-state index contributed by atoms with van der Waals surface area (Å²) in [4.78, 5) is 25.5. The largest absolute Gasteiger partial charge is 0.366 e. The molecule has 0 heterocycles. The van der Waals surface area contributed by atoms with Crippen molar-refractivity contribution in [1.82, 2.24) is 0 Å². The summed E-state index contributed by atoms with van der Waals surface area (Å²) in [6.45, 7) is 0. The van der Waals surface area contributed by atoms with E-state index in [-0.39, 0.29) is 10.6 Å². The van der Waals surface area contributed by atoms with E-state index in [9.17, 15) is 14.0 Å². The minimum atomic E-state index is -0.697. The molecule has 0 bridgehead atoms. The van der Waals surface area contributed by atoms with Gasteiger partial charge in [-0.1, -0.05) is 35.3 Å². The number of halogens is 4. The highest BCUT2D eigenvalue weighted by Gasteiger charge is 2.22. The third-order valence-electron chi connectivity index (χ3n) is 4.35. The lowest BCUT2D eigenvalue weighted by molar-refractivity contribution is 0.0985. The Balaban J connectivity index is 1.99. The van der Waals surface area contributed by atoms with E-state index in [4.69, 9.17) is 28.9 Å². The summed E-state index contributed by atoms with van der Waals surface area (Å²) >= 11 is 15.7. The van der Waals surface area contributed by atoms with E-state index >= 15 is 0 Å². The maximum atomic E-state index is 14.1. The Labute approximate surface area is 185 Å². The lowest BCUT2D eigenvalue weighted by Crippen LogP contribution is -2.27. The molecule has 0 saturated heterocycles. The molecule has 0 radical (unpaired) electrons. The summed E-state index contributed by atoms with van der Waals surface area (Å²) < 4.78 is 14.7. The van der Waals surface area contributed by atoms with Gasteiger partial charge in [0.2, 0.25) is 5.91 Å². The van der Waals surface area contributed by atoms with Crippen molar-refractivity contribution >= 4 is 56.6 Å². The Bertz CT molecular complexity index is 1120. The van der Waals surface area contributed by atoms with Gasteiger partial charge >= 0.3 is 0 Å². The number of carbonyl (C=O) groups excluding carboxylic acids is 2. The fraction of sp³-hybridized carbons (Fsp3) is 0.0476. The summed E-state index contributed by atoms with van der Waals surface area (Å²) in [6, 6.07) is 14.0. The Morgan fingerprint density at radius 1 is 1.03 bits per heavy atom. The molecule has 0 aliphatic heterocycles. The standard InChI is InChI=1S/C21H14BrCl2FN2O2/c1-27(21(29)19-16(24)3-2-4-17(19)25)18-8-6-11(10-14(18)22)13-9-12(20(26)28)5-7-15(13)23/h2-10H,1H3,(H2,26,28). The van der Waals surface area contributed by atoms with Gasteiger partial charge in [0.25, 0.3) is 5.91 Å². The molecule has 3 rings (SSSR count). The molecule has 29 heavy (non-hydrogen) atoms. The van der Waals surface area contributed by atoms with Crippen LogP contribution in [0, 0.1) is 5.82 Å². The summed E-state index contributed by atoms with van der Waals surface area (Å²) in [5.41, 5.74) is 7.28. The Hall–Kier alpha value is -2.41. The van der Waals surface area contributed by atoms with Crippen molar-refractivity contribution in [2.24, 2.45) is 5.73 Å². The molecule has 8 heteroatoms. The Morgan fingerprint density at radius 2 is 1.76 bits per heavy atom. The van der Waals surface area contributed by atoms with Crippen LogP contribution in [0.4, 0.5) is 10.1 Å². The number of nitrogens with zero attached hydrogens (tertiary/aromatic N) is 1. The molecule has 0 spiro atoms. The Morgan fingerprint density at radius 3 is 2.38 bits per heavy atom. The SMILES string of the molecule is CN(C(=O)c1c(F)cccc1Cl)c1ccc(-c2cc(C(N)=O)ccc2Cl)cc1Br. The van der Waals surface area contributed by atoms with Crippen molar-refractivity contribution < 1.29 is 14.0 Å². The maximum Gasteiger partial charge on any atom is 0.262 e. The van der Waals surface area contributed by atoms with Crippen LogP contribution < -0.4 is 10.6 Å². The van der Waals surface area contributed by atoms with E-state index < -0.39 is 17.6 Å². The minimum absolute atomic E-state index is 0.0321. The second kappa shape index (κ2) is 8.53. The number of hydrogen-bond donors (Lipinski definition) is 1. The van der Waals surface area contributed by atoms with E-state index in [0.29, 0.717) is 31.9 Å². The van der Waals surface area contributed by atoms with Crippen molar-refractivity contribution in [1.29, 1.82) is 0 Å². The zero-order chi connectivity index (χ0) is 21.3. The molecule has 0 fully saturated rings. The number of primary amides is 1. The average molecular weight is 496 g/mol. The van der Waals surface area contributed by atoms with Crippen LogP contribution in [0.3, 0.4) is 0 Å². The molecule has 0 unspecified atom stereocenters. The fourth-order valence-electron chi connectivity index (χ4n) is 2.83. The highest BCUT2D eigenvalue weighted by atomic mass is 79.9. The van der Waals surface area contributed by atoms with Gasteiger partial charge in [-0.2, -0.15) is 0 Å². The smallest absolute Gasteiger partial charge is 0.262 e. The topological polar surface area (TPSA) is 63.4 Å². The number of benzene rings is 3. The molecule has 3 aromatic rings. The van der Waals surface area contributed by atoms with Crippen LogP contribution in [0.1, 0.15) is 20.7 Å². The number of carbonyl (C=O) groups is 2. The number of anilines is 1. The summed E-state index contributed by atoms with van der Waals surface area (Å²) in [5, 5.41) is 0.474. The van der Waals surface area contributed by atoms with Crippen LogP contribution in [0.5, 0.6) is 0 Å². The first-order valence-electron chi connectivity index (χ1n) is 8.32. The quantitative estimate of drug-likeness (QED) is 0.487. The third kappa shape index (κ3) is 4.29. The molecule has 2 N–H and O–H groups in total. The molecule has 0 aliphatic rings. The number of nitrogens with two attached hydrogens (primary N) is 1. The van der Waals surface area contributed by atoms with E-state index in [0.717, 1.165) is 0 Å². The van der Waals surface area contributed by atoms with Gasteiger partial charge in [0.15, 0.2) is 0 Å². The zero-order valence-corrected chi connectivity index (χ0v) is 18.1. The highest BCUT2D eigenvalue weighted by Crippen LogP contribution is 2.35. The summed E-state index contributed by atoms with van der Waals surface area (Å²) in [6.07, 6.45) is 0. The van der Waals surface area contributed by atoms with Crippen LogP contribution in [0.25, 0.3) is 11.1 Å². The highest BCUT2D eigenvalue weighted by molar-refractivity contribution is 9.10. The molecular formula is C21H14BrCl2FN2O2. The molecule has 0 aromatic heterocycles. The first-order chi connectivity index (χ1) is 13.7. The zero-order valence-electron chi connectivity index (χ0n) is 15.0. The van der Waals surface area contributed by atoms with Gasteiger partial charge in [0, 0.05) is 27.7 Å². The second-order valence-corrected chi connectivity index (χ2v) is 7.85. The van der Waals surface area contributed by atoms with Crippen molar-refractivity contribution in [2.45, 2.75) is 0 Å². The normalized spacial score (nSPS) is 10.7. The first-order valence-corrected chi connectivity index (χ1v) is 9.87. The molecule has 148 valence electrons. The summed E-state index contributed by atoms with van der Waals surface area (Å²) in [5.74, 6) is -1.85. The van der Waals surface area contributed by atoms with Crippen molar-refractivity contribution in [3.63, 3.8) is 0 Å². The third-order valence-corrected chi connectivity index (χ3v) is 5.63. The van der Waals surface area contributed by atoms with E-state index in [1.807, 2.05) is 0 Å². The second-order valence-electron chi connectivity index (χ2n) is 6.19. The van der Waals surface area contributed by atoms with Gasteiger partial charge in [0.1, 0.15) is 5.82 Å². The van der Waals surface area contributed by atoms with Gasteiger partial charge in [-0.15, -0.1) is 0 Å². The molecular weight excluding hydrogens is 482 g/mol. The van der Waals surface area contributed by atoms with Crippen molar-refractivity contribution in [3.05, 3.63) is 86.1 Å². The predicted octanol–water partition coefficient (Wildman–Crippen LogP) is 5.94. The maximum absolute atomic E-state index is 14.1. The summed E-state index contributed by atoms with van der Waals surface area (Å²) in [7, 11) is 1.52. The van der Waals surface area contributed by atoms with Crippen molar-refractivity contribution in [2.75, 3.05) is 11.9 Å². The number of hydrogen-bond acceptors (Lipinski definition) is 2. The van der Waals surface area contributed by atoms with Gasteiger partial charge in [-0.3, -0.25) is 9.59 Å². The van der Waals surface area contributed by atoms with Gasteiger partial charge in [-0.25, -0.2) is 4.39 Å². The van der Waals surface area contributed by atoms with Gasteiger partial charge in [0.05, 0.1) is 16.3 Å². The lowest BCUT2D eigenvalue weighted by atomic mass is 10.0. The van der Waals surface area contributed by atoms with Crippen LogP contribution in [-0.2, 0) is 0 Å². The molecule has 4 nitrogen and oxygen atoms in total.